The van der Waals surface area contributed by atoms with Crippen LogP contribution in [0.15, 0.2) is 0 Å². The summed E-state index contributed by atoms with van der Waals surface area (Å²) in [6.45, 7) is 7.56. The first-order valence-electron chi connectivity index (χ1n) is 6.94. The quantitative estimate of drug-likeness (QED) is 0.903. The fourth-order valence-corrected chi connectivity index (χ4v) is 3.90. The Labute approximate surface area is 113 Å². The van der Waals surface area contributed by atoms with Gasteiger partial charge in [-0.2, -0.15) is 0 Å². The van der Waals surface area contributed by atoms with Crippen LogP contribution in [-0.4, -0.2) is 33.6 Å². The number of rotatable bonds is 4. The second-order valence-electron chi connectivity index (χ2n) is 6.10. The summed E-state index contributed by atoms with van der Waals surface area (Å²) in [7, 11) is 0. The van der Waals surface area contributed by atoms with Crippen LogP contribution in [0.1, 0.15) is 43.2 Å². The highest BCUT2D eigenvalue weighted by Gasteiger charge is 2.40. The Balaban J connectivity index is 1.64. The van der Waals surface area contributed by atoms with Crippen LogP contribution in [0.3, 0.4) is 0 Å². The highest BCUT2D eigenvalue weighted by Crippen LogP contribution is 2.41. The molecule has 1 aliphatic carbocycles. The molecular weight excluding hydrogens is 244 g/mol. The van der Waals surface area contributed by atoms with Gasteiger partial charge >= 0.3 is 0 Å². The first-order chi connectivity index (χ1) is 8.65. The molecule has 1 saturated carbocycles. The molecule has 0 bridgehead atoms. The lowest BCUT2D eigenvalue weighted by atomic mass is 9.99. The average molecular weight is 266 g/mol. The Kier molecular flexibility index (Phi) is 3.38. The summed E-state index contributed by atoms with van der Waals surface area (Å²) < 4.78 is 4.10. The van der Waals surface area contributed by atoms with Gasteiger partial charge in [0.25, 0.3) is 0 Å². The lowest BCUT2D eigenvalue weighted by Gasteiger charge is -2.15. The maximum Gasteiger partial charge on any atom is 0.0826 e. The van der Waals surface area contributed by atoms with E-state index in [2.05, 4.69) is 28.3 Å². The number of nitrogens with two attached hydrogens (primary N) is 1. The molecule has 2 fully saturated rings. The van der Waals surface area contributed by atoms with Crippen molar-refractivity contribution in [3.63, 3.8) is 0 Å². The fourth-order valence-electron chi connectivity index (χ4n) is 3.06. The molecule has 0 aromatic carbocycles. The maximum absolute atomic E-state index is 6.27. The van der Waals surface area contributed by atoms with E-state index >= 15 is 0 Å². The van der Waals surface area contributed by atoms with Gasteiger partial charge in [0.1, 0.15) is 0 Å². The van der Waals surface area contributed by atoms with Crippen molar-refractivity contribution >= 4 is 11.5 Å². The van der Waals surface area contributed by atoms with Crippen LogP contribution in [0.25, 0.3) is 0 Å². The number of hydrogen-bond donors (Lipinski definition) is 1. The summed E-state index contributed by atoms with van der Waals surface area (Å²) in [6, 6.07) is 0.376. The van der Waals surface area contributed by atoms with Gasteiger partial charge in [-0.1, -0.05) is 18.3 Å². The van der Waals surface area contributed by atoms with Gasteiger partial charge in [-0.3, -0.25) is 4.90 Å². The van der Waals surface area contributed by atoms with E-state index in [1.54, 1.807) is 11.5 Å². The SMILES string of the molecule is CC(C)c1nnsc1CN1C[C@H](C2CC2)[C@@H](N)C1. The Morgan fingerprint density at radius 3 is 2.83 bits per heavy atom. The van der Waals surface area contributed by atoms with Gasteiger partial charge in [0.05, 0.1) is 10.6 Å². The molecule has 1 aromatic heterocycles. The van der Waals surface area contributed by atoms with E-state index in [0.717, 1.165) is 24.9 Å². The van der Waals surface area contributed by atoms with Gasteiger partial charge in [-0.15, -0.1) is 5.10 Å². The van der Waals surface area contributed by atoms with Crippen molar-refractivity contribution < 1.29 is 0 Å². The Morgan fingerprint density at radius 1 is 1.39 bits per heavy atom. The van der Waals surface area contributed by atoms with Gasteiger partial charge in [-0.05, 0) is 42.1 Å². The van der Waals surface area contributed by atoms with E-state index in [-0.39, 0.29) is 0 Å². The second kappa shape index (κ2) is 4.87. The van der Waals surface area contributed by atoms with Crippen molar-refractivity contribution in [1.29, 1.82) is 0 Å². The molecule has 4 nitrogen and oxygen atoms in total. The van der Waals surface area contributed by atoms with Crippen LogP contribution in [0.5, 0.6) is 0 Å². The van der Waals surface area contributed by atoms with Crippen molar-refractivity contribution in [2.75, 3.05) is 13.1 Å². The summed E-state index contributed by atoms with van der Waals surface area (Å²) >= 11 is 1.55. The third-order valence-corrected chi connectivity index (χ3v) is 4.94. The highest BCUT2D eigenvalue weighted by atomic mass is 32.1. The van der Waals surface area contributed by atoms with E-state index in [1.807, 2.05) is 0 Å². The molecule has 1 aromatic rings. The van der Waals surface area contributed by atoms with Crippen LogP contribution >= 0.6 is 11.5 Å². The van der Waals surface area contributed by atoms with Crippen molar-refractivity contribution in [2.24, 2.45) is 17.6 Å². The molecule has 1 aliphatic heterocycles. The van der Waals surface area contributed by atoms with Crippen LogP contribution in [-0.2, 0) is 6.54 Å². The molecule has 1 saturated heterocycles. The summed E-state index contributed by atoms with van der Waals surface area (Å²) in [5.74, 6) is 2.11. The average Bonchev–Trinajstić information content (AvgIpc) is 2.94. The molecule has 2 heterocycles. The zero-order valence-corrected chi connectivity index (χ0v) is 12.0. The molecule has 5 heteroatoms. The van der Waals surface area contributed by atoms with E-state index in [9.17, 15) is 0 Å². The topological polar surface area (TPSA) is 55.0 Å². The third-order valence-electron chi connectivity index (χ3n) is 4.21. The first kappa shape index (κ1) is 12.5. The summed E-state index contributed by atoms with van der Waals surface area (Å²) in [5.41, 5.74) is 7.44. The summed E-state index contributed by atoms with van der Waals surface area (Å²) in [4.78, 5) is 3.82. The lowest BCUT2D eigenvalue weighted by molar-refractivity contribution is 0.311. The molecule has 100 valence electrons. The van der Waals surface area contributed by atoms with Crippen LogP contribution in [0.4, 0.5) is 0 Å². The van der Waals surface area contributed by atoms with Crippen LogP contribution in [0.2, 0.25) is 0 Å². The number of nitrogens with zero attached hydrogens (tertiary/aromatic N) is 3. The summed E-state index contributed by atoms with van der Waals surface area (Å²) in [6.07, 6.45) is 2.79. The van der Waals surface area contributed by atoms with Crippen LogP contribution < -0.4 is 5.73 Å². The maximum atomic E-state index is 6.27. The molecule has 0 radical (unpaired) electrons. The minimum absolute atomic E-state index is 0.376. The number of aromatic nitrogens is 2. The largest absolute Gasteiger partial charge is 0.326 e. The van der Waals surface area contributed by atoms with Crippen LogP contribution in [0, 0.1) is 11.8 Å². The van der Waals surface area contributed by atoms with Gasteiger partial charge in [0.15, 0.2) is 0 Å². The zero-order valence-electron chi connectivity index (χ0n) is 11.2. The van der Waals surface area contributed by atoms with E-state index in [1.165, 1.54) is 30.0 Å². The van der Waals surface area contributed by atoms with Crippen molar-refractivity contribution in [2.45, 2.75) is 45.2 Å². The first-order valence-corrected chi connectivity index (χ1v) is 7.71. The number of likely N-dealkylation sites (tertiary alicyclic amines) is 1. The third kappa shape index (κ3) is 2.44. The van der Waals surface area contributed by atoms with E-state index in [4.69, 9.17) is 5.73 Å². The minimum Gasteiger partial charge on any atom is -0.326 e. The van der Waals surface area contributed by atoms with E-state index < -0.39 is 0 Å². The van der Waals surface area contributed by atoms with Gasteiger partial charge in [0, 0.05) is 25.7 Å². The molecule has 0 unspecified atom stereocenters. The van der Waals surface area contributed by atoms with Crippen molar-refractivity contribution in [3.05, 3.63) is 10.6 Å². The molecule has 0 amide bonds. The smallest absolute Gasteiger partial charge is 0.0826 e. The standard InChI is InChI=1S/C13H22N4S/c1-8(2)13-12(18-16-15-13)7-17-5-10(9-3-4-9)11(14)6-17/h8-11H,3-7,14H2,1-2H3/t10-,11+/m1/s1. The molecule has 0 spiro atoms. The van der Waals surface area contributed by atoms with Gasteiger partial charge in [0.2, 0.25) is 0 Å². The monoisotopic (exact) mass is 266 g/mol. The second-order valence-corrected chi connectivity index (χ2v) is 6.93. The molecule has 18 heavy (non-hydrogen) atoms. The van der Waals surface area contributed by atoms with Crippen molar-refractivity contribution in [1.82, 2.24) is 14.5 Å². The number of hydrogen-bond acceptors (Lipinski definition) is 5. The van der Waals surface area contributed by atoms with Crippen molar-refractivity contribution in [3.8, 4) is 0 Å². The predicted octanol–water partition coefficient (Wildman–Crippen LogP) is 1.83. The molecule has 3 rings (SSSR count). The summed E-state index contributed by atoms with van der Waals surface area (Å²) in [5, 5.41) is 4.25. The Hall–Kier alpha value is -0.520. The molecule has 2 aliphatic rings. The van der Waals surface area contributed by atoms with Gasteiger partial charge in [-0.25, -0.2) is 0 Å². The molecule has 2 N–H and O–H groups in total. The highest BCUT2D eigenvalue weighted by molar-refractivity contribution is 7.05. The minimum atomic E-state index is 0.376. The predicted molar refractivity (Wildman–Crippen MR) is 73.5 cm³/mol. The Bertz CT molecular complexity index is 413. The molecule has 2 atom stereocenters. The van der Waals surface area contributed by atoms with Gasteiger partial charge < -0.3 is 5.73 Å². The fraction of sp³-hybridized carbons (Fsp3) is 0.846. The lowest BCUT2D eigenvalue weighted by Crippen LogP contribution is -2.30. The Morgan fingerprint density at radius 2 is 2.17 bits per heavy atom. The van der Waals surface area contributed by atoms with E-state index in [0.29, 0.717) is 12.0 Å². The normalized spacial score (nSPS) is 29.3. The zero-order chi connectivity index (χ0) is 12.7. The molecular formula is C13H22N4S.